The summed E-state index contributed by atoms with van der Waals surface area (Å²) < 4.78 is 0. The molecule has 0 radical (unpaired) electrons. The van der Waals surface area contributed by atoms with Gasteiger partial charge in [0.15, 0.2) is 0 Å². The summed E-state index contributed by atoms with van der Waals surface area (Å²) in [7, 11) is 0. The second-order valence-corrected chi connectivity index (χ2v) is 1.13. The zero-order chi connectivity index (χ0) is 3.41. The minimum Gasteiger partial charge on any atom is -0.147 e. The van der Waals surface area contributed by atoms with Crippen molar-refractivity contribution in [3.8, 4) is 0 Å². The molecule has 0 N–H and O–H groups in total. The molecule has 0 saturated carbocycles. The van der Waals surface area contributed by atoms with Gasteiger partial charge in [-0.3, -0.25) is 0 Å². The quantitative estimate of drug-likeness (QED) is 0.482. The topological polar surface area (TPSA) is 0 Å². The predicted octanol–water partition coefficient (Wildman–Crippen LogP) is 1.89. The third-order valence-electron chi connectivity index (χ3n) is 0.0714. The van der Waals surface area contributed by atoms with Gasteiger partial charge in [0.1, 0.15) is 0 Å². The van der Waals surface area contributed by atoms with Crippen LogP contribution in [0.25, 0.3) is 0 Å². The van der Waals surface area contributed by atoms with Crippen molar-refractivity contribution in [2.45, 2.75) is 0 Å². The Morgan fingerprint density at radius 2 is 1.20 bits per heavy atom. The molecule has 0 unspecified atom stereocenters. The first-order valence-electron chi connectivity index (χ1n) is 1.03. The fourth-order valence-electron chi connectivity index (χ4n) is 0. The molecule has 34 valence electrons. The molecule has 0 nitrogen and oxygen atoms in total. The summed E-state index contributed by atoms with van der Waals surface area (Å²) in [5.41, 5.74) is 0. The molecule has 0 aromatic carbocycles. The standard InChI is InChI=1S/C2H4Cl2.ClH/c3-1-2-4;/h1-2H2;1H. The maximum Gasteiger partial charge on any atom is 0.0359 e. The molecule has 0 aromatic heterocycles. The Kier molecular flexibility index (Phi) is 16.5. The van der Waals surface area contributed by atoms with E-state index in [4.69, 9.17) is 23.2 Å². The average molecular weight is 135 g/mol. The van der Waals surface area contributed by atoms with E-state index in [9.17, 15) is 0 Å². The smallest absolute Gasteiger partial charge is 0.0359 e. The second kappa shape index (κ2) is 8.85. The summed E-state index contributed by atoms with van der Waals surface area (Å²) in [5.74, 6) is 1.11. The van der Waals surface area contributed by atoms with Crippen LogP contribution in [0.1, 0.15) is 0 Å². The molecule has 0 aliphatic carbocycles. The molecule has 0 rings (SSSR count). The third-order valence-corrected chi connectivity index (χ3v) is 0.643. The molecule has 0 saturated heterocycles. The molecule has 0 aromatic rings. The first-order chi connectivity index (χ1) is 1.91. The van der Waals surface area contributed by atoms with E-state index in [2.05, 4.69) is 0 Å². The lowest BCUT2D eigenvalue weighted by molar-refractivity contribution is 1.52. The molecular formula is C2H5Cl3. The molecule has 0 heterocycles. The van der Waals surface area contributed by atoms with E-state index < -0.39 is 0 Å². The predicted molar refractivity (Wildman–Crippen MR) is 28.7 cm³/mol. The van der Waals surface area contributed by atoms with Gasteiger partial charge in [-0.2, -0.15) is 0 Å². The molecule has 0 amide bonds. The van der Waals surface area contributed by atoms with Crippen molar-refractivity contribution in [2.75, 3.05) is 11.8 Å². The van der Waals surface area contributed by atoms with E-state index in [1.807, 2.05) is 0 Å². The van der Waals surface area contributed by atoms with Crippen LogP contribution >= 0.6 is 35.6 Å². The first-order valence-corrected chi connectivity index (χ1v) is 2.10. The van der Waals surface area contributed by atoms with Gasteiger partial charge in [0.2, 0.25) is 0 Å². The van der Waals surface area contributed by atoms with E-state index in [0.29, 0.717) is 11.8 Å². The van der Waals surface area contributed by atoms with E-state index in [0.717, 1.165) is 0 Å². The number of alkyl halides is 2. The Bertz CT molecular complexity index is 6.85. The van der Waals surface area contributed by atoms with Crippen molar-refractivity contribution in [3.05, 3.63) is 0 Å². The largest absolute Gasteiger partial charge is 0.147 e. The number of hydrogen-bond donors (Lipinski definition) is 0. The highest BCUT2D eigenvalue weighted by molar-refractivity contribution is 6.25. The third kappa shape index (κ3) is 11.5. The summed E-state index contributed by atoms with van der Waals surface area (Å²) in [6.45, 7) is 0. The van der Waals surface area contributed by atoms with Gasteiger partial charge in [0, 0.05) is 11.8 Å². The van der Waals surface area contributed by atoms with Crippen LogP contribution < -0.4 is 0 Å². The number of rotatable bonds is 1. The Morgan fingerprint density at radius 1 is 1.00 bits per heavy atom. The highest BCUT2D eigenvalue weighted by Crippen LogP contribution is 1.75. The average Bonchev–Trinajstić information content (AvgIpc) is 1.37. The van der Waals surface area contributed by atoms with Crippen LogP contribution in [0.4, 0.5) is 0 Å². The molecule has 0 spiro atoms. The van der Waals surface area contributed by atoms with Gasteiger partial charge < -0.3 is 0 Å². The van der Waals surface area contributed by atoms with Crippen LogP contribution in [-0.4, -0.2) is 11.8 Å². The van der Waals surface area contributed by atoms with Crippen LogP contribution in [0.3, 0.4) is 0 Å². The van der Waals surface area contributed by atoms with Gasteiger partial charge in [0.05, 0.1) is 0 Å². The molecule has 0 fully saturated rings. The van der Waals surface area contributed by atoms with Gasteiger partial charge in [-0.25, -0.2) is 0 Å². The minimum atomic E-state index is 0. The second-order valence-electron chi connectivity index (χ2n) is 0.378. The molecule has 0 atom stereocenters. The lowest BCUT2D eigenvalue weighted by atomic mass is 11.0. The van der Waals surface area contributed by atoms with Crippen molar-refractivity contribution >= 4 is 35.6 Å². The molecule has 0 aliphatic rings. The SMILES string of the molecule is Cl.ClCCCl. The molecule has 5 heavy (non-hydrogen) atoms. The van der Waals surface area contributed by atoms with Gasteiger partial charge in [-0.1, -0.05) is 0 Å². The van der Waals surface area contributed by atoms with E-state index >= 15 is 0 Å². The zero-order valence-corrected chi connectivity index (χ0v) is 4.91. The lowest BCUT2D eigenvalue weighted by Gasteiger charge is -1.63. The molecule has 0 bridgehead atoms. The Morgan fingerprint density at radius 3 is 1.20 bits per heavy atom. The maximum absolute atomic E-state index is 5.05. The van der Waals surface area contributed by atoms with Crippen LogP contribution in [-0.2, 0) is 0 Å². The maximum atomic E-state index is 5.05. The highest BCUT2D eigenvalue weighted by atomic mass is 35.5. The van der Waals surface area contributed by atoms with Gasteiger partial charge >= 0.3 is 0 Å². The van der Waals surface area contributed by atoms with Crippen molar-refractivity contribution in [3.63, 3.8) is 0 Å². The number of halogens is 3. The normalized spacial score (nSPS) is 6.00. The summed E-state index contributed by atoms with van der Waals surface area (Å²) in [5, 5.41) is 0. The Balaban J connectivity index is 0. The van der Waals surface area contributed by atoms with Crippen molar-refractivity contribution in [1.29, 1.82) is 0 Å². The summed E-state index contributed by atoms with van der Waals surface area (Å²) in [6.07, 6.45) is 0. The summed E-state index contributed by atoms with van der Waals surface area (Å²) >= 11 is 10.1. The molecular weight excluding hydrogens is 130 g/mol. The number of hydrogen-bond acceptors (Lipinski definition) is 0. The Hall–Kier alpha value is 0.870. The van der Waals surface area contributed by atoms with Gasteiger partial charge in [-0.05, 0) is 0 Å². The first kappa shape index (κ1) is 9.30. The van der Waals surface area contributed by atoms with E-state index in [-0.39, 0.29) is 12.4 Å². The highest BCUT2D eigenvalue weighted by Gasteiger charge is 1.61. The molecule has 0 aliphatic heterocycles. The Labute approximate surface area is 47.9 Å². The summed E-state index contributed by atoms with van der Waals surface area (Å²) in [6, 6.07) is 0. The van der Waals surface area contributed by atoms with Crippen LogP contribution in [0, 0.1) is 0 Å². The zero-order valence-electron chi connectivity index (χ0n) is 2.58. The van der Waals surface area contributed by atoms with E-state index in [1.54, 1.807) is 0 Å². The van der Waals surface area contributed by atoms with Crippen molar-refractivity contribution in [2.24, 2.45) is 0 Å². The van der Waals surface area contributed by atoms with E-state index in [1.165, 1.54) is 0 Å². The fraction of sp³-hybridized carbons (Fsp3) is 1.00. The van der Waals surface area contributed by atoms with Crippen molar-refractivity contribution < 1.29 is 0 Å². The van der Waals surface area contributed by atoms with Gasteiger partial charge in [0.25, 0.3) is 0 Å². The summed E-state index contributed by atoms with van der Waals surface area (Å²) in [4.78, 5) is 0. The minimum absolute atomic E-state index is 0. The van der Waals surface area contributed by atoms with Crippen LogP contribution in [0.15, 0.2) is 0 Å². The van der Waals surface area contributed by atoms with Crippen LogP contribution in [0.2, 0.25) is 0 Å². The monoisotopic (exact) mass is 134 g/mol. The lowest BCUT2D eigenvalue weighted by Crippen LogP contribution is -1.63. The van der Waals surface area contributed by atoms with Crippen molar-refractivity contribution in [1.82, 2.24) is 0 Å². The van der Waals surface area contributed by atoms with Gasteiger partial charge in [-0.15, -0.1) is 35.6 Å². The fourth-order valence-corrected chi connectivity index (χ4v) is 0. The molecule has 3 heteroatoms. The van der Waals surface area contributed by atoms with Crippen LogP contribution in [0.5, 0.6) is 0 Å².